The lowest BCUT2D eigenvalue weighted by molar-refractivity contribution is -0.117. The summed E-state index contributed by atoms with van der Waals surface area (Å²) >= 11 is 2.20. The Balaban J connectivity index is 1.96. The number of unbranched alkanes of at least 4 members (excludes halogenated alkanes) is 1. The van der Waals surface area contributed by atoms with E-state index in [2.05, 4.69) is 45.1 Å². The summed E-state index contributed by atoms with van der Waals surface area (Å²) in [5.41, 5.74) is 1.76. The minimum absolute atomic E-state index is 0.0962. The van der Waals surface area contributed by atoms with Gasteiger partial charge in [0.25, 0.3) is 0 Å². The van der Waals surface area contributed by atoms with Gasteiger partial charge in [0.05, 0.1) is 5.69 Å². The first kappa shape index (κ1) is 15.0. The molecule has 0 aliphatic heterocycles. The van der Waals surface area contributed by atoms with E-state index in [1.807, 2.05) is 30.3 Å². The number of benzene rings is 1. The molecule has 0 bridgehead atoms. The molecule has 1 aromatic heterocycles. The van der Waals surface area contributed by atoms with E-state index in [0.29, 0.717) is 0 Å². The average molecular weight is 384 g/mol. The summed E-state index contributed by atoms with van der Waals surface area (Å²) in [5.74, 6) is -0.0962. The molecule has 0 spiro atoms. The molecule has 0 saturated carbocycles. The van der Waals surface area contributed by atoms with Crippen LogP contribution in [0.25, 0.3) is 0 Å². The summed E-state index contributed by atoms with van der Waals surface area (Å²) in [7, 11) is 0. The number of aromatic nitrogens is 3. The Morgan fingerprint density at radius 2 is 2.10 bits per heavy atom. The van der Waals surface area contributed by atoms with Gasteiger partial charge < -0.3 is 5.32 Å². The molecule has 0 unspecified atom stereocenters. The van der Waals surface area contributed by atoms with Gasteiger partial charge in [-0.3, -0.25) is 4.79 Å². The van der Waals surface area contributed by atoms with Crippen molar-refractivity contribution in [1.82, 2.24) is 15.0 Å². The van der Waals surface area contributed by atoms with E-state index >= 15 is 0 Å². The second-order valence-corrected chi connectivity index (χ2v) is 5.52. The number of rotatable bonds is 6. The molecule has 2 rings (SSSR count). The molecule has 0 atom stereocenters. The van der Waals surface area contributed by atoms with Crippen LogP contribution in [0.15, 0.2) is 30.3 Å². The summed E-state index contributed by atoms with van der Waals surface area (Å²) in [5, 5.41) is 11.0. The van der Waals surface area contributed by atoms with Gasteiger partial charge in [-0.05, 0) is 47.6 Å². The van der Waals surface area contributed by atoms with Crippen molar-refractivity contribution in [3.8, 4) is 0 Å². The minimum Gasteiger partial charge on any atom is -0.324 e. The van der Waals surface area contributed by atoms with Gasteiger partial charge in [-0.1, -0.05) is 36.8 Å². The van der Waals surface area contributed by atoms with Gasteiger partial charge in [-0.2, -0.15) is 0 Å². The van der Waals surface area contributed by atoms with E-state index in [1.54, 1.807) is 4.68 Å². The molecular formula is C14H17IN4O. The maximum absolute atomic E-state index is 12.0. The fourth-order valence-corrected chi connectivity index (χ4v) is 2.44. The van der Waals surface area contributed by atoms with Crippen LogP contribution >= 0.6 is 22.6 Å². The number of carbonyl (C=O) groups is 1. The van der Waals surface area contributed by atoms with E-state index in [0.717, 1.165) is 34.3 Å². The summed E-state index contributed by atoms with van der Waals surface area (Å²) in [6.45, 7) is 2.33. The molecule has 106 valence electrons. The highest BCUT2D eigenvalue weighted by Crippen LogP contribution is 2.12. The first-order valence-corrected chi connectivity index (χ1v) is 7.71. The fourth-order valence-electron chi connectivity index (χ4n) is 1.79. The number of carbonyl (C=O) groups excluding carboxylic acids is 1. The molecule has 0 radical (unpaired) electrons. The molecule has 20 heavy (non-hydrogen) atoms. The highest BCUT2D eigenvalue weighted by molar-refractivity contribution is 14.1. The molecule has 1 aromatic carbocycles. The lowest BCUT2D eigenvalue weighted by atomic mass is 10.2. The van der Waals surface area contributed by atoms with Crippen LogP contribution in [-0.2, 0) is 17.8 Å². The number of halogens is 1. The number of aryl methyl sites for hydroxylation is 1. The summed E-state index contributed by atoms with van der Waals surface area (Å²) in [4.78, 5) is 12.0. The largest absolute Gasteiger partial charge is 0.324 e. The molecule has 1 amide bonds. The van der Waals surface area contributed by atoms with Gasteiger partial charge >= 0.3 is 0 Å². The number of amides is 1. The lowest BCUT2D eigenvalue weighted by Gasteiger charge is -2.05. The topological polar surface area (TPSA) is 59.8 Å². The smallest absolute Gasteiger partial charge is 0.246 e. The zero-order valence-corrected chi connectivity index (χ0v) is 13.5. The number of nitrogens with one attached hydrogen (secondary N) is 1. The zero-order valence-electron chi connectivity index (χ0n) is 11.3. The molecule has 0 aliphatic carbocycles. The Labute approximate surface area is 131 Å². The van der Waals surface area contributed by atoms with Crippen molar-refractivity contribution in [2.24, 2.45) is 0 Å². The lowest BCUT2D eigenvalue weighted by Crippen LogP contribution is -2.20. The third-order valence-electron chi connectivity index (χ3n) is 2.86. The third kappa shape index (κ3) is 4.03. The molecule has 0 saturated heterocycles. The van der Waals surface area contributed by atoms with Crippen molar-refractivity contribution in [1.29, 1.82) is 0 Å². The monoisotopic (exact) mass is 384 g/mol. The summed E-state index contributed by atoms with van der Waals surface area (Å²) in [6.07, 6.45) is 3.12. The van der Waals surface area contributed by atoms with E-state index in [4.69, 9.17) is 0 Å². The van der Waals surface area contributed by atoms with Crippen LogP contribution in [0.2, 0.25) is 0 Å². The van der Waals surface area contributed by atoms with E-state index in [-0.39, 0.29) is 12.5 Å². The van der Waals surface area contributed by atoms with Crippen LogP contribution < -0.4 is 5.32 Å². The Bertz CT molecular complexity index is 568. The van der Waals surface area contributed by atoms with Crippen molar-refractivity contribution in [2.75, 3.05) is 5.32 Å². The van der Waals surface area contributed by atoms with Crippen molar-refractivity contribution in [3.05, 3.63) is 39.7 Å². The predicted octanol–water partition coefficient (Wildman–Crippen LogP) is 2.86. The number of hydrogen-bond donors (Lipinski definition) is 1. The second-order valence-electron chi connectivity index (χ2n) is 4.50. The first-order chi connectivity index (χ1) is 9.70. The molecule has 1 N–H and O–H groups in total. The third-order valence-corrected chi connectivity index (χ3v) is 4.04. The van der Waals surface area contributed by atoms with Gasteiger partial charge in [0, 0.05) is 5.69 Å². The van der Waals surface area contributed by atoms with Crippen LogP contribution in [0.4, 0.5) is 5.69 Å². The Hall–Kier alpha value is -1.44. The Morgan fingerprint density at radius 1 is 1.35 bits per heavy atom. The number of hydrogen-bond acceptors (Lipinski definition) is 3. The molecule has 0 fully saturated rings. The molecular weight excluding hydrogens is 367 g/mol. The van der Waals surface area contributed by atoms with Gasteiger partial charge in [0.15, 0.2) is 0 Å². The van der Waals surface area contributed by atoms with Crippen LogP contribution in [0, 0.1) is 3.70 Å². The molecule has 6 heteroatoms. The maximum Gasteiger partial charge on any atom is 0.246 e. The molecule has 0 aliphatic rings. The van der Waals surface area contributed by atoms with Crippen molar-refractivity contribution < 1.29 is 4.79 Å². The zero-order chi connectivity index (χ0) is 14.4. The number of para-hydroxylation sites is 1. The summed E-state index contributed by atoms with van der Waals surface area (Å²) < 4.78 is 2.59. The van der Waals surface area contributed by atoms with Crippen LogP contribution in [0.5, 0.6) is 0 Å². The first-order valence-electron chi connectivity index (χ1n) is 6.63. The van der Waals surface area contributed by atoms with E-state index in [1.165, 1.54) is 0 Å². The number of nitrogens with zero attached hydrogens (tertiary/aromatic N) is 3. The molecule has 2 aromatic rings. The highest BCUT2D eigenvalue weighted by atomic mass is 127. The Morgan fingerprint density at radius 3 is 2.80 bits per heavy atom. The maximum atomic E-state index is 12.0. The van der Waals surface area contributed by atoms with Gasteiger partial charge in [-0.15, -0.1) is 5.10 Å². The SMILES string of the molecule is CCCCc1nnn(CC(=O)Nc2ccccc2)c1I. The van der Waals surface area contributed by atoms with Crippen molar-refractivity contribution in [2.45, 2.75) is 32.7 Å². The predicted molar refractivity (Wildman–Crippen MR) is 86.4 cm³/mol. The van der Waals surface area contributed by atoms with Crippen molar-refractivity contribution >= 4 is 34.2 Å². The van der Waals surface area contributed by atoms with Gasteiger partial charge in [0.1, 0.15) is 10.2 Å². The highest BCUT2D eigenvalue weighted by Gasteiger charge is 2.12. The van der Waals surface area contributed by atoms with Crippen LogP contribution in [0.3, 0.4) is 0 Å². The average Bonchev–Trinajstić information content (AvgIpc) is 2.78. The van der Waals surface area contributed by atoms with Crippen LogP contribution in [0.1, 0.15) is 25.5 Å². The van der Waals surface area contributed by atoms with E-state index < -0.39 is 0 Å². The second kappa shape index (κ2) is 7.37. The normalized spacial score (nSPS) is 10.5. The fraction of sp³-hybridized carbons (Fsp3) is 0.357. The Kier molecular flexibility index (Phi) is 5.51. The summed E-state index contributed by atoms with van der Waals surface area (Å²) in [6, 6.07) is 9.40. The van der Waals surface area contributed by atoms with Crippen LogP contribution in [-0.4, -0.2) is 20.9 Å². The van der Waals surface area contributed by atoms with Gasteiger partial charge in [0.2, 0.25) is 5.91 Å². The van der Waals surface area contributed by atoms with Crippen molar-refractivity contribution in [3.63, 3.8) is 0 Å². The van der Waals surface area contributed by atoms with Gasteiger partial charge in [-0.25, -0.2) is 4.68 Å². The standard InChI is InChI=1S/C14H17IN4O/c1-2-3-9-12-14(15)19(18-17-12)10-13(20)16-11-7-5-4-6-8-11/h4-8H,2-3,9-10H2,1H3,(H,16,20). The minimum atomic E-state index is -0.0962. The van der Waals surface area contributed by atoms with E-state index in [9.17, 15) is 4.79 Å². The number of anilines is 1. The molecule has 5 nitrogen and oxygen atoms in total. The molecule has 1 heterocycles. The quantitative estimate of drug-likeness (QED) is 0.780.